The molecular weight excluding hydrogens is 398 g/mol. The fourth-order valence-corrected chi connectivity index (χ4v) is 3.06. The van der Waals surface area contributed by atoms with Crippen LogP contribution in [-0.2, 0) is 11.3 Å². The van der Waals surface area contributed by atoms with E-state index < -0.39 is 6.09 Å². The number of nitrogens with one attached hydrogen (secondary N) is 2. The van der Waals surface area contributed by atoms with E-state index in [1.807, 2.05) is 37.3 Å². The Morgan fingerprint density at radius 3 is 2.50 bits per heavy atom. The second kappa shape index (κ2) is 10.5. The quantitative estimate of drug-likeness (QED) is 0.469. The number of anilines is 1. The number of rotatable bonds is 7. The number of hydrogen-bond donors (Lipinski definition) is 3. The van der Waals surface area contributed by atoms with Crippen molar-refractivity contribution < 1.29 is 14.3 Å². The second-order valence-electron chi connectivity index (χ2n) is 6.61. The maximum atomic E-state index is 12.4. The molecule has 0 aliphatic heterocycles. The van der Waals surface area contributed by atoms with Crippen LogP contribution in [0.5, 0.6) is 0 Å². The van der Waals surface area contributed by atoms with Gasteiger partial charge in [0.1, 0.15) is 6.10 Å². The Labute approximate surface area is 181 Å². The van der Waals surface area contributed by atoms with Crippen LogP contribution in [0.1, 0.15) is 40.9 Å². The third-order valence-electron chi connectivity index (χ3n) is 4.48. The summed E-state index contributed by atoms with van der Waals surface area (Å²) in [5.41, 5.74) is 2.87. The number of aromatic nitrogens is 1. The second-order valence-corrected chi connectivity index (χ2v) is 7.09. The van der Waals surface area contributed by atoms with Gasteiger partial charge in [-0.2, -0.15) is 0 Å². The molecule has 30 heavy (non-hydrogen) atoms. The summed E-state index contributed by atoms with van der Waals surface area (Å²) in [6, 6.07) is 18.0. The van der Waals surface area contributed by atoms with E-state index in [0.717, 1.165) is 11.1 Å². The number of para-hydroxylation sites is 1. The molecule has 1 atom stereocenters. The zero-order valence-electron chi connectivity index (χ0n) is 16.5. The van der Waals surface area contributed by atoms with E-state index in [4.69, 9.17) is 4.74 Å². The predicted octanol–water partition coefficient (Wildman–Crippen LogP) is 5.00. The van der Waals surface area contributed by atoms with Gasteiger partial charge in [0.25, 0.3) is 5.91 Å². The van der Waals surface area contributed by atoms with Crippen LogP contribution >= 0.6 is 12.6 Å². The number of pyridine rings is 1. The highest BCUT2D eigenvalue weighted by molar-refractivity contribution is 7.80. The van der Waals surface area contributed by atoms with Crippen molar-refractivity contribution >= 4 is 30.3 Å². The van der Waals surface area contributed by atoms with Gasteiger partial charge >= 0.3 is 6.09 Å². The van der Waals surface area contributed by atoms with Crippen LogP contribution in [0.2, 0.25) is 0 Å². The van der Waals surface area contributed by atoms with E-state index >= 15 is 0 Å². The summed E-state index contributed by atoms with van der Waals surface area (Å²) in [7, 11) is 0. The molecule has 0 saturated heterocycles. The standard InChI is InChI=1S/C23H23N3O3S/c1-2-20(18-6-5-13-24-15-18)29-23(28)25-14-16-9-11-17(12-10-16)22(27)26-19-7-3-4-8-21(19)30/h3-13,15,20,30H,2,14H2,1H3,(H,25,28)(H,26,27). The van der Waals surface area contributed by atoms with E-state index in [1.165, 1.54) is 0 Å². The molecule has 154 valence electrons. The van der Waals surface area contributed by atoms with Crippen LogP contribution < -0.4 is 10.6 Å². The number of nitrogens with zero attached hydrogens (tertiary/aromatic N) is 1. The Morgan fingerprint density at radius 2 is 1.83 bits per heavy atom. The maximum Gasteiger partial charge on any atom is 0.408 e. The Bertz CT molecular complexity index is 994. The van der Waals surface area contributed by atoms with Crippen LogP contribution in [0.4, 0.5) is 10.5 Å². The SMILES string of the molecule is CCC(OC(=O)NCc1ccc(C(=O)Nc2ccccc2S)cc1)c1cccnc1. The number of amides is 2. The van der Waals surface area contributed by atoms with Crippen molar-refractivity contribution in [1.29, 1.82) is 0 Å². The molecule has 6 nitrogen and oxygen atoms in total. The molecule has 7 heteroatoms. The van der Waals surface area contributed by atoms with E-state index in [2.05, 4.69) is 28.2 Å². The fraction of sp³-hybridized carbons (Fsp3) is 0.174. The molecular formula is C23H23N3O3S. The van der Waals surface area contributed by atoms with Gasteiger partial charge in [0.15, 0.2) is 0 Å². The van der Waals surface area contributed by atoms with Crippen molar-refractivity contribution in [3.63, 3.8) is 0 Å². The van der Waals surface area contributed by atoms with Gasteiger partial charge < -0.3 is 15.4 Å². The van der Waals surface area contributed by atoms with Crippen LogP contribution in [0.3, 0.4) is 0 Å². The van der Waals surface area contributed by atoms with Gasteiger partial charge in [-0.3, -0.25) is 9.78 Å². The van der Waals surface area contributed by atoms with E-state index in [1.54, 1.807) is 42.7 Å². The molecule has 0 spiro atoms. The molecule has 0 aliphatic carbocycles. The van der Waals surface area contributed by atoms with Crippen LogP contribution in [0, 0.1) is 0 Å². The van der Waals surface area contributed by atoms with E-state index in [0.29, 0.717) is 29.1 Å². The lowest BCUT2D eigenvalue weighted by molar-refractivity contribution is 0.0945. The number of thiol groups is 1. The highest BCUT2D eigenvalue weighted by atomic mass is 32.1. The molecule has 1 heterocycles. The van der Waals surface area contributed by atoms with Crippen molar-refractivity contribution in [3.8, 4) is 0 Å². The first-order valence-corrected chi connectivity index (χ1v) is 10.0. The summed E-state index contributed by atoms with van der Waals surface area (Å²) in [4.78, 5) is 29.3. The lowest BCUT2D eigenvalue weighted by atomic mass is 10.1. The molecule has 2 amide bonds. The molecule has 0 bridgehead atoms. The van der Waals surface area contributed by atoms with Crippen molar-refractivity contribution in [1.82, 2.24) is 10.3 Å². The van der Waals surface area contributed by atoms with E-state index in [-0.39, 0.29) is 12.0 Å². The van der Waals surface area contributed by atoms with Crippen LogP contribution in [0.25, 0.3) is 0 Å². The third kappa shape index (κ3) is 5.84. The van der Waals surface area contributed by atoms with Gasteiger partial charge in [-0.25, -0.2) is 4.79 Å². The number of alkyl carbamates (subject to hydrolysis) is 1. The number of hydrogen-bond acceptors (Lipinski definition) is 5. The first-order chi connectivity index (χ1) is 14.6. The van der Waals surface area contributed by atoms with Gasteiger partial charge in [-0.05, 0) is 42.3 Å². The molecule has 0 fully saturated rings. The monoisotopic (exact) mass is 421 g/mol. The topological polar surface area (TPSA) is 80.3 Å². The summed E-state index contributed by atoms with van der Waals surface area (Å²) >= 11 is 4.33. The highest BCUT2D eigenvalue weighted by Gasteiger charge is 2.15. The van der Waals surface area contributed by atoms with Crippen LogP contribution in [0.15, 0.2) is 78.0 Å². The molecule has 1 aromatic heterocycles. The Hall–Kier alpha value is -3.32. The summed E-state index contributed by atoms with van der Waals surface area (Å²) in [6.07, 6.45) is 3.17. The van der Waals surface area contributed by atoms with Gasteiger partial charge in [-0.15, -0.1) is 12.6 Å². The van der Waals surface area contributed by atoms with Gasteiger partial charge in [0.05, 0.1) is 5.69 Å². The number of carbonyl (C=O) groups excluding carboxylic acids is 2. The molecule has 0 aliphatic rings. The molecule has 3 rings (SSSR count). The average molecular weight is 422 g/mol. The van der Waals surface area contributed by atoms with Gasteiger partial charge in [0, 0.05) is 35.0 Å². The minimum atomic E-state index is -0.502. The number of ether oxygens (including phenoxy) is 1. The normalized spacial score (nSPS) is 11.4. The first kappa shape index (κ1) is 21.4. The molecule has 3 aromatic rings. The molecule has 0 radical (unpaired) electrons. The summed E-state index contributed by atoms with van der Waals surface area (Å²) < 4.78 is 5.49. The molecule has 0 saturated carbocycles. The maximum absolute atomic E-state index is 12.4. The van der Waals surface area contributed by atoms with Crippen molar-refractivity contribution in [2.24, 2.45) is 0 Å². The van der Waals surface area contributed by atoms with Gasteiger partial charge in [-0.1, -0.05) is 37.3 Å². The summed E-state index contributed by atoms with van der Waals surface area (Å²) in [6.45, 7) is 2.24. The Kier molecular flexibility index (Phi) is 7.45. The van der Waals surface area contributed by atoms with E-state index in [9.17, 15) is 9.59 Å². The van der Waals surface area contributed by atoms with Crippen molar-refractivity contribution in [3.05, 3.63) is 89.7 Å². The predicted molar refractivity (Wildman–Crippen MR) is 119 cm³/mol. The fourth-order valence-electron chi connectivity index (χ4n) is 2.85. The van der Waals surface area contributed by atoms with Crippen molar-refractivity contribution in [2.75, 3.05) is 5.32 Å². The lowest BCUT2D eigenvalue weighted by Gasteiger charge is -2.16. The smallest absolute Gasteiger partial charge is 0.408 e. The molecule has 1 unspecified atom stereocenters. The summed E-state index contributed by atoms with van der Waals surface area (Å²) in [5.74, 6) is -0.224. The Balaban J connectivity index is 1.52. The minimum Gasteiger partial charge on any atom is -0.441 e. The zero-order chi connectivity index (χ0) is 21.3. The zero-order valence-corrected chi connectivity index (χ0v) is 17.4. The van der Waals surface area contributed by atoms with Crippen LogP contribution in [-0.4, -0.2) is 17.0 Å². The molecule has 2 aromatic carbocycles. The van der Waals surface area contributed by atoms with Crippen molar-refractivity contribution in [2.45, 2.75) is 30.9 Å². The van der Waals surface area contributed by atoms with Gasteiger partial charge in [0.2, 0.25) is 0 Å². The lowest BCUT2D eigenvalue weighted by Crippen LogP contribution is -2.25. The summed E-state index contributed by atoms with van der Waals surface area (Å²) in [5, 5.41) is 5.57. The Morgan fingerprint density at radius 1 is 1.07 bits per heavy atom. The highest BCUT2D eigenvalue weighted by Crippen LogP contribution is 2.21. The number of carbonyl (C=O) groups is 2. The minimum absolute atomic E-state index is 0.224. The molecule has 2 N–H and O–H groups in total. The third-order valence-corrected chi connectivity index (χ3v) is 4.87. The first-order valence-electron chi connectivity index (χ1n) is 9.59. The number of benzene rings is 2. The average Bonchev–Trinajstić information content (AvgIpc) is 2.78. The largest absolute Gasteiger partial charge is 0.441 e.